The molecule has 1 unspecified atom stereocenters. The highest BCUT2D eigenvalue weighted by atomic mass is 15.1. The van der Waals surface area contributed by atoms with E-state index in [4.69, 9.17) is 0 Å². The van der Waals surface area contributed by atoms with Gasteiger partial charge in [0.25, 0.3) is 0 Å². The summed E-state index contributed by atoms with van der Waals surface area (Å²) in [7, 11) is 0. The molecular weight excluding hydrogens is 278 g/mol. The second kappa shape index (κ2) is 6.31. The smallest absolute Gasteiger partial charge is 0.197 e. The summed E-state index contributed by atoms with van der Waals surface area (Å²) in [5.74, 6) is 0.501. The lowest BCUT2D eigenvalue weighted by Crippen LogP contribution is -2.30. The average molecular weight is 306 g/mol. The van der Waals surface area contributed by atoms with Crippen molar-refractivity contribution in [1.82, 2.24) is 0 Å². The van der Waals surface area contributed by atoms with E-state index >= 15 is 0 Å². The summed E-state index contributed by atoms with van der Waals surface area (Å²) in [4.78, 5) is 0. The predicted octanol–water partition coefficient (Wildman–Crippen LogP) is 5.49. The number of nitrogens with zero attached hydrogens (tertiary/aromatic N) is 1. The van der Waals surface area contributed by atoms with Gasteiger partial charge in [-0.2, -0.15) is 4.58 Å². The first kappa shape index (κ1) is 16.0. The first-order valence-electron chi connectivity index (χ1n) is 8.87. The van der Waals surface area contributed by atoms with Gasteiger partial charge in [0.15, 0.2) is 11.8 Å². The van der Waals surface area contributed by atoms with E-state index < -0.39 is 0 Å². The monoisotopic (exact) mass is 306 g/mol. The Labute approximate surface area is 140 Å². The summed E-state index contributed by atoms with van der Waals surface area (Å²) in [6.45, 7) is 9.27. The van der Waals surface area contributed by atoms with Gasteiger partial charge in [-0.25, -0.2) is 0 Å². The summed E-state index contributed by atoms with van der Waals surface area (Å²) in [5.41, 5.74) is 5.94. The Kier molecular flexibility index (Phi) is 4.39. The highest BCUT2D eigenvalue weighted by Gasteiger charge is 2.43. The molecule has 0 fully saturated rings. The number of rotatable bonds is 4. The minimum atomic E-state index is 0.149. The van der Waals surface area contributed by atoms with E-state index in [1.54, 1.807) is 0 Å². The van der Waals surface area contributed by atoms with Gasteiger partial charge in [0.1, 0.15) is 0 Å². The SMILES string of the molecule is CCc1cccc(CC)c1[N+]1=CC(c2ccccc2)CC1(C)C. The normalized spacial score (nSPS) is 19.7. The highest BCUT2D eigenvalue weighted by Crippen LogP contribution is 2.39. The van der Waals surface area contributed by atoms with E-state index in [-0.39, 0.29) is 5.54 Å². The molecule has 1 nitrogen and oxygen atoms in total. The Balaban J connectivity index is 2.11. The summed E-state index contributed by atoms with van der Waals surface area (Å²) in [6, 6.07) is 17.7. The molecule has 1 aliphatic rings. The molecule has 120 valence electrons. The van der Waals surface area contributed by atoms with Crippen molar-refractivity contribution in [2.75, 3.05) is 0 Å². The maximum Gasteiger partial charge on any atom is 0.211 e. The molecule has 23 heavy (non-hydrogen) atoms. The lowest BCUT2D eigenvalue weighted by atomic mass is 9.90. The van der Waals surface area contributed by atoms with Crippen LogP contribution in [0.2, 0.25) is 0 Å². The van der Waals surface area contributed by atoms with Gasteiger partial charge in [-0.05, 0) is 18.4 Å². The van der Waals surface area contributed by atoms with Crippen LogP contribution in [0, 0.1) is 0 Å². The van der Waals surface area contributed by atoms with E-state index in [1.165, 1.54) is 22.4 Å². The number of benzene rings is 2. The summed E-state index contributed by atoms with van der Waals surface area (Å²) < 4.78 is 2.56. The lowest BCUT2D eigenvalue weighted by Gasteiger charge is -2.20. The van der Waals surface area contributed by atoms with Crippen molar-refractivity contribution in [3.63, 3.8) is 0 Å². The molecule has 2 aromatic rings. The van der Waals surface area contributed by atoms with Crippen LogP contribution in [0.5, 0.6) is 0 Å². The molecule has 3 rings (SSSR count). The van der Waals surface area contributed by atoms with E-state index in [1.807, 2.05) is 0 Å². The number of hydrogen-bond donors (Lipinski definition) is 0. The second-order valence-electron chi connectivity index (χ2n) is 7.18. The molecule has 1 aliphatic heterocycles. The molecule has 1 heterocycles. The first-order valence-corrected chi connectivity index (χ1v) is 8.87. The maximum atomic E-state index is 2.56. The topological polar surface area (TPSA) is 3.01 Å². The van der Waals surface area contributed by atoms with Crippen molar-refractivity contribution in [3.05, 3.63) is 65.2 Å². The Hall–Kier alpha value is -1.89. The quantitative estimate of drug-likeness (QED) is 0.657. The second-order valence-corrected chi connectivity index (χ2v) is 7.18. The van der Waals surface area contributed by atoms with Gasteiger partial charge in [0.05, 0.1) is 5.92 Å². The molecular formula is C22H28N+. The Morgan fingerprint density at radius 2 is 1.52 bits per heavy atom. The van der Waals surface area contributed by atoms with Crippen LogP contribution in [0.25, 0.3) is 0 Å². The third-order valence-electron chi connectivity index (χ3n) is 5.13. The molecule has 0 aromatic heterocycles. The van der Waals surface area contributed by atoms with Crippen molar-refractivity contribution in [1.29, 1.82) is 0 Å². The fourth-order valence-corrected chi connectivity index (χ4v) is 3.88. The molecule has 0 saturated carbocycles. The maximum absolute atomic E-state index is 2.56. The molecule has 0 saturated heterocycles. The van der Waals surface area contributed by atoms with E-state index in [2.05, 4.69) is 87.0 Å². The predicted molar refractivity (Wildman–Crippen MR) is 99.1 cm³/mol. The molecule has 2 aromatic carbocycles. The number of para-hydroxylation sites is 1. The standard InChI is InChI=1S/C22H28N/c1-5-17-13-10-14-18(6-2)21(17)23-16-20(15-22(23,3)4)19-11-8-7-9-12-19/h7-14,16,20H,5-6,15H2,1-4H3/q+1. The third kappa shape index (κ3) is 2.97. The fraction of sp³-hybridized carbons (Fsp3) is 0.409. The zero-order chi connectivity index (χ0) is 16.4. The van der Waals surface area contributed by atoms with Crippen LogP contribution in [0.4, 0.5) is 5.69 Å². The lowest BCUT2D eigenvalue weighted by molar-refractivity contribution is -0.512. The Bertz CT molecular complexity index is 688. The van der Waals surface area contributed by atoms with E-state index in [0.29, 0.717) is 5.92 Å². The van der Waals surface area contributed by atoms with Crippen LogP contribution >= 0.6 is 0 Å². The molecule has 0 radical (unpaired) electrons. The van der Waals surface area contributed by atoms with Gasteiger partial charge < -0.3 is 0 Å². The minimum Gasteiger partial charge on any atom is -0.197 e. The molecule has 0 N–H and O–H groups in total. The van der Waals surface area contributed by atoms with Crippen molar-refractivity contribution in [3.8, 4) is 0 Å². The fourth-order valence-electron chi connectivity index (χ4n) is 3.88. The van der Waals surface area contributed by atoms with Crippen molar-refractivity contribution in [2.45, 2.75) is 58.4 Å². The van der Waals surface area contributed by atoms with Gasteiger partial charge in [-0.1, -0.05) is 62.4 Å². The van der Waals surface area contributed by atoms with Crippen LogP contribution in [0.15, 0.2) is 48.5 Å². The first-order chi connectivity index (χ1) is 11.1. The number of aryl methyl sites for hydroxylation is 2. The molecule has 1 heteroatoms. The molecule has 0 spiro atoms. The molecule has 0 aliphatic carbocycles. The van der Waals surface area contributed by atoms with Crippen LogP contribution < -0.4 is 0 Å². The van der Waals surface area contributed by atoms with Gasteiger partial charge >= 0.3 is 0 Å². The van der Waals surface area contributed by atoms with Crippen molar-refractivity contribution < 1.29 is 4.58 Å². The Morgan fingerprint density at radius 3 is 2.09 bits per heavy atom. The van der Waals surface area contributed by atoms with Gasteiger partial charge in [-0.3, -0.25) is 0 Å². The molecule has 0 bridgehead atoms. The van der Waals surface area contributed by atoms with Crippen LogP contribution in [-0.4, -0.2) is 16.3 Å². The summed E-state index contributed by atoms with van der Waals surface area (Å²) in [5, 5.41) is 0. The average Bonchev–Trinajstić information content (AvgIpc) is 2.90. The van der Waals surface area contributed by atoms with E-state index in [9.17, 15) is 0 Å². The van der Waals surface area contributed by atoms with Crippen LogP contribution in [0.1, 0.15) is 56.7 Å². The van der Waals surface area contributed by atoms with Crippen LogP contribution in [0.3, 0.4) is 0 Å². The van der Waals surface area contributed by atoms with Gasteiger partial charge in [0.2, 0.25) is 5.69 Å². The molecule has 1 atom stereocenters. The van der Waals surface area contributed by atoms with Crippen LogP contribution in [-0.2, 0) is 12.8 Å². The summed E-state index contributed by atoms with van der Waals surface area (Å²) in [6.07, 6.45) is 5.79. The van der Waals surface area contributed by atoms with Crippen molar-refractivity contribution >= 4 is 11.9 Å². The minimum absolute atomic E-state index is 0.149. The Morgan fingerprint density at radius 1 is 0.913 bits per heavy atom. The largest absolute Gasteiger partial charge is 0.211 e. The van der Waals surface area contributed by atoms with Gasteiger partial charge in [-0.15, -0.1) is 0 Å². The molecule has 0 amide bonds. The van der Waals surface area contributed by atoms with E-state index in [0.717, 1.165) is 19.3 Å². The zero-order valence-corrected chi connectivity index (χ0v) is 14.8. The zero-order valence-electron chi connectivity index (χ0n) is 14.8. The summed E-state index contributed by atoms with van der Waals surface area (Å²) >= 11 is 0. The third-order valence-corrected chi connectivity index (χ3v) is 5.13. The van der Waals surface area contributed by atoms with Crippen molar-refractivity contribution in [2.24, 2.45) is 0 Å². The highest BCUT2D eigenvalue weighted by molar-refractivity contribution is 5.68. The number of hydrogen-bond acceptors (Lipinski definition) is 0. The van der Waals surface area contributed by atoms with Gasteiger partial charge in [0, 0.05) is 31.4 Å².